The van der Waals surface area contributed by atoms with Gasteiger partial charge in [-0.3, -0.25) is 0 Å². The summed E-state index contributed by atoms with van der Waals surface area (Å²) in [6.45, 7) is 1.50. The van der Waals surface area contributed by atoms with Crippen molar-refractivity contribution in [1.29, 1.82) is 0 Å². The molecule has 0 heterocycles. The van der Waals surface area contributed by atoms with Gasteiger partial charge in [0.15, 0.2) is 0 Å². The molecular formula is C17H24FNO2. The average molecular weight is 293 g/mol. The number of hydrogen-bond acceptors (Lipinski definition) is 3. The molecule has 3 rings (SSSR count). The van der Waals surface area contributed by atoms with E-state index in [1.54, 1.807) is 12.1 Å². The molecule has 2 aliphatic rings. The predicted octanol–water partition coefficient (Wildman–Crippen LogP) is 2.69. The van der Waals surface area contributed by atoms with Crippen LogP contribution in [0.2, 0.25) is 0 Å². The Bertz CT molecular complexity index is 450. The van der Waals surface area contributed by atoms with Gasteiger partial charge in [-0.25, -0.2) is 4.39 Å². The van der Waals surface area contributed by atoms with Crippen LogP contribution in [0.3, 0.4) is 0 Å². The summed E-state index contributed by atoms with van der Waals surface area (Å²) in [5, 5.41) is 9.69. The number of ether oxygens (including phenoxy) is 1. The highest BCUT2D eigenvalue weighted by Gasteiger charge is 2.42. The van der Waals surface area contributed by atoms with Crippen LogP contribution in [0.1, 0.15) is 25.7 Å². The topological polar surface area (TPSA) is 32.7 Å². The maximum absolute atomic E-state index is 12.8. The van der Waals surface area contributed by atoms with Crippen molar-refractivity contribution in [3.8, 4) is 5.75 Å². The molecule has 1 aromatic carbocycles. The normalized spacial score (nSPS) is 31.6. The molecule has 0 aromatic heterocycles. The number of hydrogen-bond donors (Lipinski definition) is 1. The molecule has 0 spiro atoms. The smallest absolute Gasteiger partial charge is 0.123 e. The van der Waals surface area contributed by atoms with E-state index < -0.39 is 0 Å². The lowest BCUT2D eigenvalue weighted by atomic mass is 10.0. The molecular weight excluding hydrogens is 269 g/mol. The fourth-order valence-corrected chi connectivity index (χ4v) is 3.93. The van der Waals surface area contributed by atoms with E-state index in [0.29, 0.717) is 24.5 Å². The molecule has 3 nitrogen and oxygen atoms in total. The molecule has 0 aliphatic heterocycles. The van der Waals surface area contributed by atoms with Crippen LogP contribution in [0.15, 0.2) is 24.3 Å². The lowest BCUT2D eigenvalue weighted by molar-refractivity contribution is 0.152. The molecule has 2 unspecified atom stereocenters. The molecule has 2 fully saturated rings. The average Bonchev–Trinajstić information content (AvgIpc) is 2.98. The van der Waals surface area contributed by atoms with Crippen LogP contribution >= 0.6 is 0 Å². The number of benzene rings is 1. The molecule has 2 aliphatic carbocycles. The van der Waals surface area contributed by atoms with Crippen molar-refractivity contribution in [2.45, 2.75) is 37.8 Å². The third kappa shape index (κ3) is 3.55. The summed E-state index contributed by atoms with van der Waals surface area (Å²) >= 11 is 0. The Morgan fingerprint density at radius 3 is 2.38 bits per heavy atom. The zero-order valence-corrected chi connectivity index (χ0v) is 12.5. The fraction of sp³-hybridized carbons (Fsp3) is 0.647. The molecule has 0 saturated heterocycles. The van der Waals surface area contributed by atoms with Crippen molar-refractivity contribution in [3.63, 3.8) is 0 Å². The van der Waals surface area contributed by atoms with Gasteiger partial charge < -0.3 is 14.7 Å². The molecule has 1 aromatic rings. The maximum atomic E-state index is 12.8. The first-order valence-electron chi connectivity index (χ1n) is 7.88. The molecule has 21 heavy (non-hydrogen) atoms. The second-order valence-corrected chi connectivity index (χ2v) is 6.55. The van der Waals surface area contributed by atoms with Gasteiger partial charge in [0.05, 0.1) is 6.10 Å². The first-order valence-corrected chi connectivity index (χ1v) is 7.88. The number of likely N-dealkylation sites (N-methyl/N-ethyl adjacent to an activating group) is 1. The van der Waals surface area contributed by atoms with Crippen LogP contribution in [-0.4, -0.2) is 42.4 Å². The Labute approximate surface area is 125 Å². The van der Waals surface area contributed by atoms with Crippen LogP contribution in [-0.2, 0) is 0 Å². The summed E-state index contributed by atoms with van der Waals surface area (Å²) in [6, 6.07) is 6.78. The molecule has 2 saturated carbocycles. The molecule has 0 bridgehead atoms. The van der Waals surface area contributed by atoms with Crippen molar-refractivity contribution in [2.24, 2.45) is 11.8 Å². The first-order chi connectivity index (χ1) is 10.1. The quantitative estimate of drug-likeness (QED) is 0.906. The molecule has 116 valence electrons. The minimum atomic E-state index is -0.237. The summed E-state index contributed by atoms with van der Waals surface area (Å²) < 4.78 is 18.5. The van der Waals surface area contributed by atoms with Gasteiger partial charge in [0.25, 0.3) is 0 Å². The Morgan fingerprint density at radius 1 is 1.14 bits per heavy atom. The van der Waals surface area contributed by atoms with E-state index in [-0.39, 0.29) is 11.9 Å². The Kier molecular flexibility index (Phi) is 4.45. The van der Waals surface area contributed by atoms with Gasteiger partial charge in [-0.1, -0.05) is 0 Å². The highest BCUT2D eigenvalue weighted by molar-refractivity contribution is 5.21. The van der Waals surface area contributed by atoms with Crippen LogP contribution < -0.4 is 4.74 Å². The van der Waals surface area contributed by atoms with Crippen molar-refractivity contribution in [3.05, 3.63) is 30.1 Å². The van der Waals surface area contributed by atoms with Gasteiger partial charge >= 0.3 is 0 Å². The van der Waals surface area contributed by atoms with Crippen LogP contribution in [0, 0.1) is 17.7 Å². The van der Waals surface area contributed by atoms with Crippen molar-refractivity contribution in [2.75, 3.05) is 20.2 Å². The summed E-state index contributed by atoms with van der Waals surface area (Å²) in [4.78, 5) is 2.37. The summed E-state index contributed by atoms with van der Waals surface area (Å²) in [7, 11) is 2.15. The number of rotatable bonds is 5. The molecule has 0 radical (unpaired) electrons. The fourth-order valence-electron chi connectivity index (χ4n) is 3.93. The Morgan fingerprint density at radius 2 is 1.76 bits per heavy atom. The number of nitrogens with zero attached hydrogens (tertiary/aromatic N) is 1. The maximum Gasteiger partial charge on any atom is 0.123 e. The number of aliphatic hydroxyl groups excluding tert-OH is 1. The van der Waals surface area contributed by atoms with Crippen LogP contribution in [0.5, 0.6) is 5.75 Å². The zero-order chi connectivity index (χ0) is 14.8. The number of fused-ring (bicyclic) bond motifs is 1. The van der Waals surface area contributed by atoms with Gasteiger partial charge in [-0.15, -0.1) is 0 Å². The van der Waals surface area contributed by atoms with Gasteiger partial charge in [0, 0.05) is 12.6 Å². The van der Waals surface area contributed by atoms with E-state index in [1.165, 1.54) is 25.0 Å². The molecule has 1 N–H and O–H groups in total. The minimum Gasteiger partial charge on any atom is -0.492 e. The first kappa shape index (κ1) is 14.8. The lowest BCUT2D eigenvalue weighted by Gasteiger charge is -2.25. The molecule has 4 atom stereocenters. The van der Waals surface area contributed by atoms with Gasteiger partial charge in [0.2, 0.25) is 0 Å². The van der Waals surface area contributed by atoms with Crippen molar-refractivity contribution in [1.82, 2.24) is 4.90 Å². The van der Waals surface area contributed by atoms with E-state index in [4.69, 9.17) is 4.74 Å². The number of halogens is 1. The molecule has 0 amide bonds. The monoisotopic (exact) mass is 293 g/mol. The number of aliphatic hydroxyl groups is 1. The van der Waals surface area contributed by atoms with Crippen LogP contribution in [0.25, 0.3) is 0 Å². The van der Waals surface area contributed by atoms with Crippen molar-refractivity contribution >= 4 is 0 Å². The van der Waals surface area contributed by atoms with E-state index in [1.807, 2.05) is 0 Å². The Hall–Kier alpha value is -1.13. The van der Waals surface area contributed by atoms with Gasteiger partial charge in [-0.05, 0) is 68.8 Å². The highest BCUT2D eigenvalue weighted by atomic mass is 19.1. The van der Waals surface area contributed by atoms with E-state index in [2.05, 4.69) is 11.9 Å². The highest BCUT2D eigenvalue weighted by Crippen LogP contribution is 2.45. The largest absolute Gasteiger partial charge is 0.492 e. The predicted molar refractivity (Wildman–Crippen MR) is 79.8 cm³/mol. The lowest BCUT2D eigenvalue weighted by Crippen LogP contribution is -2.33. The summed E-state index contributed by atoms with van der Waals surface area (Å²) in [6.07, 6.45) is 4.32. The minimum absolute atomic E-state index is 0.0620. The van der Waals surface area contributed by atoms with Crippen LogP contribution in [0.4, 0.5) is 4.39 Å². The van der Waals surface area contributed by atoms with Gasteiger partial charge in [-0.2, -0.15) is 0 Å². The zero-order valence-electron chi connectivity index (χ0n) is 12.5. The van der Waals surface area contributed by atoms with E-state index in [0.717, 1.165) is 25.1 Å². The second-order valence-electron chi connectivity index (χ2n) is 6.55. The van der Waals surface area contributed by atoms with Gasteiger partial charge in [0.1, 0.15) is 18.2 Å². The van der Waals surface area contributed by atoms with Crippen molar-refractivity contribution < 1.29 is 14.2 Å². The molecule has 4 heteroatoms. The second kappa shape index (κ2) is 6.32. The standard InChI is InChI=1S/C17H24FNO2/c1-19(6-7-21-17-4-2-14(18)3-5-17)15-8-12-10-16(20)11-13(12)9-15/h2-5,12-13,15-16,20H,6-11H2,1H3/t12-,13+,15?,16?. The Balaban J connectivity index is 1.41. The summed E-state index contributed by atoms with van der Waals surface area (Å²) in [5.41, 5.74) is 0. The van der Waals surface area contributed by atoms with E-state index in [9.17, 15) is 9.50 Å². The summed E-state index contributed by atoms with van der Waals surface area (Å²) in [5.74, 6) is 1.91. The SMILES string of the molecule is CN(CCOc1ccc(F)cc1)C1C[C@H]2CC(O)C[C@H]2C1. The third-order valence-electron chi connectivity index (χ3n) is 5.12. The van der Waals surface area contributed by atoms with E-state index >= 15 is 0 Å². The third-order valence-corrected chi connectivity index (χ3v) is 5.12.